The van der Waals surface area contributed by atoms with Crippen LogP contribution in [-0.4, -0.2) is 59.5 Å². The first-order valence-corrected chi connectivity index (χ1v) is 6.89. The summed E-state index contributed by atoms with van der Waals surface area (Å²) in [5, 5.41) is 11.5. The Morgan fingerprint density at radius 1 is 1.32 bits per heavy atom. The van der Waals surface area contributed by atoms with Crippen LogP contribution in [0.5, 0.6) is 0 Å². The number of ether oxygens (including phenoxy) is 1. The van der Waals surface area contributed by atoms with E-state index >= 15 is 0 Å². The molecule has 1 fully saturated rings. The van der Waals surface area contributed by atoms with Gasteiger partial charge in [0.25, 0.3) is 0 Å². The molecule has 0 aromatic carbocycles. The number of nitrogens with zero attached hydrogens (tertiary/aromatic N) is 1. The molecule has 1 heterocycles. The van der Waals surface area contributed by atoms with Crippen LogP contribution < -0.4 is 5.32 Å². The van der Waals surface area contributed by atoms with Gasteiger partial charge in [0.2, 0.25) is 0 Å². The highest BCUT2D eigenvalue weighted by Crippen LogP contribution is 2.23. The van der Waals surface area contributed by atoms with Gasteiger partial charge in [0, 0.05) is 6.54 Å². The van der Waals surface area contributed by atoms with Gasteiger partial charge in [-0.25, -0.2) is 4.79 Å². The number of amides is 1. The summed E-state index contributed by atoms with van der Waals surface area (Å²) in [4.78, 5) is 24.0. The standard InChI is InChI=1S/C13H21F3N2O4/c1-12(2,3)22-11(21)17-9-6-18(7-13(14,15)16)5-4-8(9)10(19)20/h8-9H,4-7H2,1-3H3,(H,17,21)(H,19,20)/t8-,9+/m1/s1. The van der Waals surface area contributed by atoms with E-state index in [0.717, 1.165) is 4.90 Å². The predicted octanol–water partition coefficient (Wildman–Crippen LogP) is 1.85. The third-order valence-corrected chi connectivity index (χ3v) is 3.12. The number of carboxylic acid groups (broad SMARTS) is 1. The van der Waals surface area contributed by atoms with Crippen LogP contribution in [0.3, 0.4) is 0 Å². The van der Waals surface area contributed by atoms with E-state index in [0.29, 0.717) is 0 Å². The van der Waals surface area contributed by atoms with E-state index in [1.807, 2.05) is 0 Å². The Bertz CT molecular complexity index is 420. The monoisotopic (exact) mass is 326 g/mol. The number of carboxylic acids is 1. The largest absolute Gasteiger partial charge is 0.481 e. The number of hydrogen-bond acceptors (Lipinski definition) is 4. The lowest BCUT2D eigenvalue weighted by Gasteiger charge is -2.37. The van der Waals surface area contributed by atoms with Gasteiger partial charge in [-0.2, -0.15) is 13.2 Å². The van der Waals surface area contributed by atoms with E-state index < -0.39 is 42.3 Å². The second-order valence-electron chi connectivity index (χ2n) is 6.34. The molecule has 9 heteroatoms. The second-order valence-corrected chi connectivity index (χ2v) is 6.34. The molecule has 6 nitrogen and oxygen atoms in total. The smallest absolute Gasteiger partial charge is 0.407 e. The molecule has 0 saturated carbocycles. The molecule has 128 valence electrons. The van der Waals surface area contributed by atoms with E-state index in [9.17, 15) is 22.8 Å². The third kappa shape index (κ3) is 6.50. The first kappa shape index (κ1) is 18.5. The van der Waals surface area contributed by atoms with Gasteiger partial charge in [-0.05, 0) is 33.7 Å². The Morgan fingerprint density at radius 3 is 2.36 bits per heavy atom. The number of carbonyl (C=O) groups excluding carboxylic acids is 1. The van der Waals surface area contributed by atoms with Gasteiger partial charge in [-0.1, -0.05) is 0 Å². The molecule has 0 aromatic heterocycles. The van der Waals surface area contributed by atoms with Gasteiger partial charge in [0.1, 0.15) is 5.60 Å². The fraction of sp³-hybridized carbons (Fsp3) is 0.846. The SMILES string of the molecule is CC(C)(C)OC(=O)N[C@H]1CN(CC(F)(F)F)CC[C@H]1C(=O)O. The molecule has 0 aromatic rings. The summed E-state index contributed by atoms with van der Waals surface area (Å²) >= 11 is 0. The zero-order chi connectivity index (χ0) is 17.1. The minimum absolute atomic E-state index is 0.0168. The lowest BCUT2D eigenvalue weighted by molar-refractivity contribution is -0.154. The van der Waals surface area contributed by atoms with Crippen LogP contribution in [0.2, 0.25) is 0 Å². The maximum atomic E-state index is 12.4. The van der Waals surface area contributed by atoms with E-state index in [4.69, 9.17) is 9.84 Å². The highest BCUT2D eigenvalue weighted by Gasteiger charge is 2.39. The first-order chi connectivity index (χ1) is 9.87. The van der Waals surface area contributed by atoms with Gasteiger partial charge in [-0.3, -0.25) is 9.69 Å². The lowest BCUT2D eigenvalue weighted by Crippen LogP contribution is -2.56. The van der Waals surface area contributed by atoms with Gasteiger partial charge >= 0.3 is 18.2 Å². The summed E-state index contributed by atoms with van der Waals surface area (Å²) in [7, 11) is 0. The van der Waals surface area contributed by atoms with Crippen molar-refractivity contribution in [3.05, 3.63) is 0 Å². The molecule has 1 amide bonds. The van der Waals surface area contributed by atoms with Gasteiger partial charge in [0.15, 0.2) is 0 Å². The van der Waals surface area contributed by atoms with Gasteiger partial charge in [-0.15, -0.1) is 0 Å². The number of alkyl carbamates (subject to hydrolysis) is 1. The second kappa shape index (κ2) is 6.72. The fourth-order valence-corrected chi connectivity index (χ4v) is 2.32. The summed E-state index contributed by atoms with van der Waals surface area (Å²) in [5.74, 6) is -2.08. The number of halogens is 3. The molecule has 1 saturated heterocycles. The number of hydrogen-bond donors (Lipinski definition) is 2. The average molecular weight is 326 g/mol. The van der Waals surface area contributed by atoms with Crippen molar-refractivity contribution in [3.63, 3.8) is 0 Å². The maximum Gasteiger partial charge on any atom is 0.407 e. The molecule has 0 aliphatic carbocycles. The van der Waals surface area contributed by atoms with Crippen LogP contribution in [-0.2, 0) is 9.53 Å². The molecule has 2 atom stereocenters. The average Bonchev–Trinajstić information content (AvgIpc) is 2.23. The summed E-state index contributed by atoms with van der Waals surface area (Å²) in [5.41, 5.74) is -0.775. The molecule has 0 spiro atoms. The van der Waals surface area contributed by atoms with E-state index in [1.165, 1.54) is 0 Å². The molecule has 0 bridgehead atoms. The zero-order valence-corrected chi connectivity index (χ0v) is 12.7. The zero-order valence-electron chi connectivity index (χ0n) is 12.7. The van der Waals surface area contributed by atoms with Crippen LogP contribution in [0.25, 0.3) is 0 Å². The number of carbonyl (C=O) groups is 2. The molecule has 0 unspecified atom stereocenters. The van der Waals surface area contributed by atoms with Crippen molar-refractivity contribution in [1.29, 1.82) is 0 Å². The molecule has 1 rings (SSSR count). The van der Waals surface area contributed by atoms with E-state index in [1.54, 1.807) is 20.8 Å². The Labute approximate surface area is 126 Å². The number of nitrogens with one attached hydrogen (secondary N) is 1. The van der Waals surface area contributed by atoms with E-state index in [-0.39, 0.29) is 19.5 Å². The van der Waals surface area contributed by atoms with Crippen LogP contribution in [0.15, 0.2) is 0 Å². The van der Waals surface area contributed by atoms with Crippen LogP contribution in [0.1, 0.15) is 27.2 Å². The molecule has 0 radical (unpaired) electrons. The summed E-state index contributed by atoms with van der Waals surface area (Å²) in [6, 6.07) is -0.927. The van der Waals surface area contributed by atoms with Gasteiger partial charge in [0.05, 0.1) is 18.5 Å². The maximum absolute atomic E-state index is 12.4. The first-order valence-electron chi connectivity index (χ1n) is 6.89. The quantitative estimate of drug-likeness (QED) is 0.827. The number of piperidine rings is 1. The van der Waals surface area contributed by atoms with Crippen LogP contribution >= 0.6 is 0 Å². The minimum Gasteiger partial charge on any atom is -0.481 e. The molecular formula is C13H21F3N2O4. The minimum atomic E-state index is -4.37. The van der Waals surface area contributed by atoms with Crippen LogP contribution in [0, 0.1) is 5.92 Å². The Morgan fingerprint density at radius 2 is 1.91 bits per heavy atom. The Kier molecular flexibility index (Phi) is 5.66. The van der Waals surface area contributed by atoms with Gasteiger partial charge < -0.3 is 15.2 Å². The fourth-order valence-electron chi connectivity index (χ4n) is 2.32. The highest BCUT2D eigenvalue weighted by molar-refractivity contribution is 5.74. The van der Waals surface area contributed by atoms with Crippen LogP contribution in [0.4, 0.5) is 18.0 Å². The molecule has 22 heavy (non-hydrogen) atoms. The normalized spacial score (nSPS) is 23.9. The van der Waals surface area contributed by atoms with Crippen molar-refractivity contribution in [1.82, 2.24) is 10.2 Å². The number of rotatable bonds is 3. The molecule has 2 N–H and O–H groups in total. The van der Waals surface area contributed by atoms with Crippen molar-refractivity contribution in [3.8, 4) is 0 Å². The van der Waals surface area contributed by atoms with Crippen molar-refractivity contribution in [2.24, 2.45) is 5.92 Å². The lowest BCUT2D eigenvalue weighted by atomic mass is 9.91. The molecule has 1 aliphatic heterocycles. The van der Waals surface area contributed by atoms with Crippen molar-refractivity contribution < 1.29 is 32.6 Å². The molecular weight excluding hydrogens is 305 g/mol. The highest BCUT2D eigenvalue weighted by atomic mass is 19.4. The Hall–Kier alpha value is -1.51. The van der Waals surface area contributed by atoms with Crippen molar-refractivity contribution in [2.75, 3.05) is 19.6 Å². The Balaban J connectivity index is 2.71. The van der Waals surface area contributed by atoms with Crippen molar-refractivity contribution in [2.45, 2.75) is 45.0 Å². The predicted molar refractivity (Wildman–Crippen MR) is 71.4 cm³/mol. The topological polar surface area (TPSA) is 78.9 Å². The number of likely N-dealkylation sites (tertiary alicyclic amines) is 1. The molecule has 1 aliphatic rings. The third-order valence-electron chi connectivity index (χ3n) is 3.12. The summed E-state index contributed by atoms with van der Waals surface area (Å²) in [6.07, 6.45) is -5.17. The summed E-state index contributed by atoms with van der Waals surface area (Å²) in [6.45, 7) is 3.61. The number of aliphatic carboxylic acids is 1. The van der Waals surface area contributed by atoms with Crippen molar-refractivity contribution >= 4 is 12.1 Å². The van der Waals surface area contributed by atoms with E-state index in [2.05, 4.69) is 5.32 Å². The summed E-state index contributed by atoms with van der Waals surface area (Å²) < 4.78 is 42.3. The number of alkyl halides is 3.